The Hall–Kier alpha value is -3.15. The molecule has 1 aliphatic rings. The van der Waals surface area contributed by atoms with E-state index in [0.717, 1.165) is 36.1 Å². The summed E-state index contributed by atoms with van der Waals surface area (Å²) in [4.78, 5) is 16.8. The zero-order valence-corrected chi connectivity index (χ0v) is 16.8. The Morgan fingerprint density at radius 2 is 2.03 bits per heavy atom. The molecule has 3 aromatic rings. The zero-order chi connectivity index (χ0) is 20.2. The molecule has 0 saturated carbocycles. The molecule has 1 atom stereocenters. The molecule has 29 heavy (non-hydrogen) atoms. The minimum atomic E-state index is -0.609. The minimum absolute atomic E-state index is 0.165. The number of nitrogens with one attached hydrogen (secondary N) is 1. The lowest BCUT2D eigenvalue weighted by molar-refractivity contribution is -0.127. The molecule has 1 heterocycles. The van der Waals surface area contributed by atoms with E-state index in [1.807, 2.05) is 43.3 Å². The van der Waals surface area contributed by atoms with Crippen LogP contribution in [0.15, 0.2) is 47.0 Å². The molecule has 6 nitrogen and oxygen atoms in total. The second kappa shape index (κ2) is 8.47. The molecule has 0 bridgehead atoms. The first-order valence-corrected chi connectivity index (χ1v) is 10.0. The van der Waals surface area contributed by atoms with E-state index >= 15 is 0 Å². The molecule has 0 fully saturated rings. The van der Waals surface area contributed by atoms with Crippen molar-refractivity contribution in [1.82, 2.24) is 15.5 Å². The maximum absolute atomic E-state index is 12.5. The van der Waals surface area contributed by atoms with E-state index in [9.17, 15) is 4.79 Å². The Bertz CT molecular complexity index is 1010. The van der Waals surface area contributed by atoms with Gasteiger partial charge in [0.15, 0.2) is 6.10 Å². The molecule has 0 aliphatic heterocycles. The molecule has 2 aromatic carbocycles. The first-order valence-electron chi connectivity index (χ1n) is 10.0. The van der Waals surface area contributed by atoms with Crippen molar-refractivity contribution in [1.29, 1.82) is 0 Å². The SMILES string of the molecule is Cc1cccc(-c2noc(CNC(=O)C(C)Oc3cccc4c3CCCC4)n2)c1. The number of fused-ring (bicyclic) bond motifs is 1. The van der Waals surface area contributed by atoms with Crippen molar-refractivity contribution in [2.45, 2.75) is 52.2 Å². The van der Waals surface area contributed by atoms with Gasteiger partial charge in [0.05, 0.1) is 6.54 Å². The molecule has 6 heteroatoms. The van der Waals surface area contributed by atoms with Gasteiger partial charge >= 0.3 is 0 Å². The standard InChI is InChI=1S/C23H25N3O3/c1-15-7-5-10-18(13-15)22-25-21(29-26-22)14-24-23(27)16(2)28-20-12-6-9-17-8-3-4-11-19(17)20/h5-7,9-10,12-13,16H,3-4,8,11,14H2,1-2H3,(H,24,27). The van der Waals surface area contributed by atoms with Crippen molar-refractivity contribution >= 4 is 5.91 Å². The smallest absolute Gasteiger partial charge is 0.261 e. The largest absolute Gasteiger partial charge is 0.481 e. The first-order chi connectivity index (χ1) is 14.1. The number of hydrogen-bond donors (Lipinski definition) is 1. The summed E-state index contributed by atoms with van der Waals surface area (Å²) in [5.41, 5.74) is 4.57. The Morgan fingerprint density at radius 1 is 1.21 bits per heavy atom. The maximum atomic E-state index is 12.5. The van der Waals surface area contributed by atoms with Gasteiger partial charge in [-0.05, 0) is 62.8 Å². The summed E-state index contributed by atoms with van der Waals surface area (Å²) in [7, 11) is 0. The molecular weight excluding hydrogens is 366 g/mol. The van der Waals surface area contributed by atoms with Gasteiger partial charge in [-0.2, -0.15) is 4.98 Å². The lowest BCUT2D eigenvalue weighted by Crippen LogP contribution is -2.36. The van der Waals surface area contributed by atoms with Gasteiger partial charge in [0.1, 0.15) is 5.75 Å². The third-order valence-corrected chi connectivity index (χ3v) is 5.18. The Kier molecular flexibility index (Phi) is 5.60. The molecule has 4 rings (SSSR count). The van der Waals surface area contributed by atoms with Crippen LogP contribution in [0.25, 0.3) is 11.4 Å². The Balaban J connectivity index is 1.35. The van der Waals surface area contributed by atoms with Crippen LogP contribution in [-0.2, 0) is 24.2 Å². The number of amides is 1. The molecule has 1 N–H and O–H groups in total. The summed E-state index contributed by atoms with van der Waals surface area (Å²) >= 11 is 0. The minimum Gasteiger partial charge on any atom is -0.481 e. The number of carbonyl (C=O) groups is 1. The lowest BCUT2D eigenvalue weighted by atomic mass is 9.91. The van der Waals surface area contributed by atoms with Crippen LogP contribution >= 0.6 is 0 Å². The molecule has 0 spiro atoms. The van der Waals surface area contributed by atoms with Crippen LogP contribution in [0.3, 0.4) is 0 Å². The highest BCUT2D eigenvalue weighted by molar-refractivity contribution is 5.80. The van der Waals surface area contributed by atoms with E-state index < -0.39 is 6.10 Å². The maximum Gasteiger partial charge on any atom is 0.261 e. The van der Waals surface area contributed by atoms with Crippen LogP contribution in [0.4, 0.5) is 0 Å². The van der Waals surface area contributed by atoms with Gasteiger partial charge in [-0.3, -0.25) is 4.79 Å². The highest BCUT2D eigenvalue weighted by Crippen LogP contribution is 2.30. The van der Waals surface area contributed by atoms with Gasteiger partial charge in [-0.15, -0.1) is 0 Å². The second-order valence-corrected chi connectivity index (χ2v) is 7.46. The number of benzene rings is 2. The van der Waals surface area contributed by atoms with E-state index in [1.165, 1.54) is 17.5 Å². The summed E-state index contributed by atoms with van der Waals surface area (Å²) < 4.78 is 11.2. The molecule has 0 radical (unpaired) electrons. The monoisotopic (exact) mass is 391 g/mol. The summed E-state index contributed by atoms with van der Waals surface area (Å²) in [5.74, 6) is 1.47. The van der Waals surface area contributed by atoms with E-state index in [1.54, 1.807) is 6.92 Å². The number of aryl methyl sites for hydroxylation is 2. The summed E-state index contributed by atoms with van der Waals surface area (Å²) in [6.07, 6.45) is 3.84. The first kappa shape index (κ1) is 19.2. The van der Waals surface area contributed by atoms with E-state index in [4.69, 9.17) is 9.26 Å². The predicted octanol–water partition coefficient (Wildman–Crippen LogP) is 4.01. The second-order valence-electron chi connectivity index (χ2n) is 7.46. The summed E-state index contributed by atoms with van der Waals surface area (Å²) in [6.45, 7) is 3.93. The third-order valence-electron chi connectivity index (χ3n) is 5.18. The molecule has 0 saturated heterocycles. The lowest BCUT2D eigenvalue weighted by Gasteiger charge is -2.21. The summed E-state index contributed by atoms with van der Waals surface area (Å²) in [6, 6.07) is 14.0. The van der Waals surface area contributed by atoms with E-state index in [-0.39, 0.29) is 12.5 Å². The van der Waals surface area contributed by atoms with Crippen molar-refractivity contribution in [3.8, 4) is 17.1 Å². The van der Waals surface area contributed by atoms with Gasteiger partial charge in [0.2, 0.25) is 11.7 Å². The van der Waals surface area contributed by atoms with Crippen LogP contribution in [0.5, 0.6) is 5.75 Å². The molecule has 1 amide bonds. The number of ether oxygens (including phenoxy) is 1. The highest BCUT2D eigenvalue weighted by Gasteiger charge is 2.20. The average Bonchev–Trinajstić information content (AvgIpc) is 3.21. The Labute approximate surface area is 170 Å². The molecule has 150 valence electrons. The molecular formula is C23H25N3O3. The molecule has 1 aliphatic carbocycles. The van der Waals surface area contributed by atoms with Crippen LogP contribution in [0.1, 0.15) is 42.3 Å². The van der Waals surface area contributed by atoms with Crippen LogP contribution in [0.2, 0.25) is 0 Å². The third kappa shape index (κ3) is 4.47. The predicted molar refractivity (Wildman–Crippen MR) is 109 cm³/mol. The quantitative estimate of drug-likeness (QED) is 0.687. The van der Waals surface area contributed by atoms with E-state index in [2.05, 4.69) is 21.5 Å². The highest BCUT2D eigenvalue weighted by atomic mass is 16.5. The average molecular weight is 391 g/mol. The molecule has 1 aromatic heterocycles. The van der Waals surface area contributed by atoms with Gasteiger partial charge in [0, 0.05) is 5.56 Å². The van der Waals surface area contributed by atoms with Crippen LogP contribution < -0.4 is 10.1 Å². The topological polar surface area (TPSA) is 77.2 Å². The van der Waals surface area contributed by atoms with Crippen molar-refractivity contribution in [2.24, 2.45) is 0 Å². The van der Waals surface area contributed by atoms with Crippen molar-refractivity contribution in [3.63, 3.8) is 0 Å². The van der Waals surface area contributed by atoms with Gasteiger partial charge in [-0.1, -0.05) is 41.1 Å². The fraction of sp³-hybridized carbons (Fsp3) is 0.348. The van der Waals surface area contributed by atoms with Crippen LogP contribution in [-0.4, -0.2) is 22.2 Å². The number of aromatic nitrogens is 2. The van der Waals surface area contributed by atoms with Crippen molar-refractivity contribution in [2.75, 3.05) is 0 Å². The van der Waals surface area contributed by atoms with Gasteiger partial charge in [0.25, 0.3) is 5.91 Å². The van der Waals surface area contributed by atoms with Gasteiger partial charge < -0.3 is 14.6 Å². The number of rotatable bonds is 6. The number of carbonyl (C=O) groups excluding carboxylic acids is 1. The normalized spacial score (nSPS) is 14.1. The fourth-order valence-corrected chi connectivity index (χ4v) is 3.64. The molecule has 1 unspecified atom stereocenters. The Morgan fingerprint density at radius 3 is 2.90 bits per heavy atom. The number of hydrogen-bond acceptors (Lipinski definition) is 5. The van der Waals surface area contributed by atoms with Crippen LogP contribution in [0, 0.1) is 6.92 Å². The van der Waals surface area contributed by atoms with Crippen molar-refractivity contribution < 1.29 is 14.1 Å². The fourth-order valence-electron chi connectivity index (χ4n) is 3.64. The number of nitrogens with zero attached hydrogens (tertiary/aromatic N) is 2. The van der Waals surface area contributed by atoms with Gasteiger partial charge in [-0.25, -0.2) is 0 Å². The van der Waals surface area contributed by atoms with Crippen molar-refractivity contribution in [3.05, 3.63) is 65.0 Å². The zero-order valence-electron chi connectivity index (χ0n) is 16.8. The van der Waals surface area contributed by atoms with E-state index in [0.29, 0.717) is 11.7 Å². The summed E-state index contributed by atoms with van der Waals surface area (Å²) in [5, 5.41) is 6.81.